The van der Waals surface area contributed by atoms with Crippen molar-refractivity contribution in [1.82, 2.24) is 0 Å². The van der Waals surface area contributed by atoms with Crippen LogP contribution in [0.5, 0.6) is 0 Å². The summed E-state index contributed by atoms with van der Waals surface area (Å²) >= 11 is 0. The monoisotopic (exact) mass is 192 g/mol. The summed E-state index contributed by atoms with van der Waals surface area (Å²) < 4.78 is 5.17. The maximum Gasteiger partial charge on any atom is 0.111 e. The molecule has 1 aliphatic rings. The van der Waals surface area contributed by atoms with Crippen LogP contribution in [0, 0.1) is 0 Å². The highest BCUT2D eigenvalue weighted by atomic mass is 16.5. The van der Waals surface area contributed by atoms with E-state index in [2.05, 4.69) is 0 Å². The Balaban J connectivity index is 2.66. The molecule has 1 aliphatic heterocycles. The summed E-state index contributed by atoms with van der Waals surface area (Å²) in [6, 6.07) is 0. The SMILES string of the molecule is CC[C@H]1O[C@H](CO)[C@@H](O)[C@H](O)[C@H]1O. The average Bonchev–Trinajstić information content (AvgIpc) is 2.15. The molecule has 5 nitrogen and oxygen atoms in total. The van der Waals surface area contributed by atoms with Crippen LogP contribution < -0.4 is 0 Å². The van der Waals surface area contributed by atoms with Crippen LogP contribution in [-0.2, 0) is 4.74 Å². The lowest BCUT2D eigenvalue weighted by atomic mass is 9.94. The Morgan fingerprint density at radius 3 is 2.00 bits per heavy atom. The molecule has 78 valence electrons. The first kappa shape index (κ1) is 10.9. The van der Waals surface area contributed by atoms with E-state index in [9.17, 15) is 15.3 Å². The highest BCUT2D eigenvalue weighted by Crippen LogP contribution is 2.22. The van der Waals surface area contributed by atoms with Crippen LogP contribution in [0.15, 0.2) is 0 Å². The minimum atomic E-state index is -1.24. The van der Waals surface area contributed by atoms with E-state index in [1.165, 1.54) is 0 Å². The molecule has 0 amide bonds. The molecule has 0 aromatic rings. The molecule has 0 spiro atoms. The van der Waals surface area contributed by atoms with E-state index in [0.717, 1.165) is 0 Å². The third kappa shape index (κ3) is 2.00. The maximum atomic E-state index is 9.40. The van der Waals surface area contributed by atoms with E-state index in [-0.39, 0.29) is 6.61 Å². The third-order valence-electron chi connectivity index (χ3n) is 2.39. The highest BCUT2D eigenvalue weighted by Gasteiger charge is 2.42. The lowest BCUT2D eigenvalue weighted by Crippen LogP contribution is -2.58. The minimum Gasteiger partial charge on any atom is -0.394 e. The van der Waals surface area contributed by atoms with Crippen molar-refractivity contribution in [3.63, 3.8) is 0 Å². The van der Waals surface area contributed by atoms with E-state index in [1.54, 1.807) is 6.92 Å². The van der Waals surface area contributed by atoms with Crippen molar-refractivity contribution < 1.29 is 25.2 Å². The summed E-state index contributed by atoms with van der Waals surface area (Å²) in [6.07, 6.45) is -4.33. The molecule has 0 aromatic heterocycles. The number of hydrogen-bond acceptors (Lipinski definition) is 5. The Kier molecular flexibility index (Phi) is 3.63. The van der Waals surface area contributed by atoms with Gasteiger partial charge in [0.1, 0.15) is 24.4 Å². The van der Waals surface area contributed by atoms with Gasteiger partial charge < -0.3 is 25.2 Å². The zero-order valence-corrected chi connectivity index (χ0v) is 7.50. The lowest BCUT2D eigenvalue weighted by Gasteiger charge is -2.39. The second kappa shape index (κ2) is 4.34. The summed E-state index contributed by atoms with van der Waals surface area (Å²) in [7, 11) is 0. The molecule has 5 heteroatoms. The molecule has 1 heterocycles. The standard InChI is InChI=1S/C8H16O5/c1-2-4-6(10)8(12)7(11)5(3-9)13-4/h4-12H,2-3H2,1H3/t4-,5-,6+,7-,8-/m1/s1. The molecule has 0 unspecified atom stereocenters. The quantitative estimate of drug-likeness (QED) is 0.416. The summed E-state index contributed by atoms with van der Waals surface area (Å²) in [4.78, 5) is 0. The zero-order chi connectivity index (χ0) is 10.0. The van der Waals surface area contributed by atoms with Gasteiger partial charge in [-0.2, -0.15) is 0 Å². The van der Waals surface area contributed by atoms with Gasteiger partial charge in [0.25, 0.3) is 0 Å². The smallest absolute Gasteiger partial charge is 0.111 e. The lowest BCUT2D eigenvalue weighted by molar-refractivity contribution is -0.229. The second-order valence-corrected chi connectivity index (χ2v) is 3.28. The Labute approximate surface area is 76.6 Å². The molecule has 5 atom stereocenters. The van der Waals surface area contributed by atoms with Gasteiger partial charge in [-0.25, -0.2) is 0 Å². The van der Waals surface area contributed by atoms with Crippen molar-refractivity contribution in [3.05, 3.63) is 0 Å². The number of aliphatic hydroxyl groups excluding tert-OH is 4. The first-order valence-electron chi connectivity index (χ1n) is 4.42. The summed E-state index contributed by atoms with van der Waals surface area (Å²) in [5, 5.41) is 36.9. The van der Waals surface area contributed by atoms with Crippen molar-refractivity contribution in [2.24, 2.45) is 0 Å². The molecule has 4 N–H and O–H groups in total. The molecule has 13 heavy (non-hydrogen) atoms. The van der Waals surface area contributed by atoms with Crippen LogP contribution in [-0.4, -0.2) is 57.6 Å². The van der Waals surface area contributed by atoms with Gasteiger partial charge in [-0.3, -0.25) is 0 Å². The molecule has 0 radical (unpaired) electrons. The largest absolute Gasteiger partial charge is 0.394 e. The molecule has 1 fully saturated rings. The van der Waals surface area contributed by atoms with Gasteiger partial charge >= 0.3 is 0 Å². The predicted molar refractivity (Wildman–Crippen MR) is 44.1 cm³/mol. The van der Waals surface area contributed by atoms with Crippen LogP contribution in [0.1, 0.15) is 13.3 Å². The van der Waals surface area contributed by atoms with Crippen LogP contribution in [0.4, 0.5) is 0 Å². The Hall–Kier alpha value is -0.200. The van der Waals surface area contributed by atoms with Gasteiger partial charge in [0.15, 0.2) is 0 Å². The van der Waals surface area contributed by atoms with Crippen molar-refractivity contribution in [3.8, 4) is 0 Å². The van der Waals surface area contributed by atoms with Gasteiger partial charge in [-0.1, -0.05) is 6.92 Å². The van der Waals surface area contributed by atoms with Gasteiger partial charge in [-0.05, 0) is 6.42 Å². The zero-order valence-electron chi connectivity index (χ0n) is 7.50. The molecule has 0 aliphatic carbocycles. The normalized spacial score (nSPS) is 46.4. The number of rotatable bonds is 2. The topological polar surface area (TPSA) is 90.2 Å². The van der Waals surface area contributed by atoms with Crippen LogP contribution >= 0.6 is 0 Å². The first-order chi connectivity index (χ1) is 6.11. The maximum absolute atomic E-state index is 9.40. The third-order valence-corrected chi connectivity index (χ3v) is 2.39. The fourth-order valence-corrected chi connectivity index (χ4v) is 1.52. The molecule has 1 rings (SSSR count). The van der Waals surface area contributed by atoms with E-state index >= 15 is 0 Å². The number of hydrogen-bond donors (Lipinski definition) is 4. The Bertz CT molecular complexity index is 143. The molecule has 1 saturated heterocycles. The fraction of sp³-hybridized carbons (Fsp3) is 1.00. The fourth-order valence-electron chi connectivity index (χ4n) is 1.52. The summed E-state index contributed by atoms with van der Waals surface area (Å²) in [5.74, 6) is 0. The van der Waals surface area contributed by atoms with Crippen molar-refractivity contribution in [2.45, 2.75) is 43.9 Å². The Morgan fingerprint density at radius 2 is 1.54 bits per heavy atom. The second-order valence-electron chi connectivity index (χ2n) is 3.28. The minimum absolute atomic E-state index is 0.360. The van der Waals surface area contributed by atoms with E-state index in [4.69, 9.17) is 9.84 Å². The van der Waals surface area contributed by atoms with Gasteiger partial charge in [-0.15, -0.1) is 0 Å². The van der Waals surface area contributed by atoms with E-state index in [1.807, 2.05) is 0 Å². The van der Waals surface area contributed by atoms with Crippen molar-refractivity contribution in [1.29, 1.82) is 0 Å². The molecule has 0 aromatic carbocycles. The van der Waals surface area contributed by atoms with E-state index in [0.29, 0.717) is 6.42 Å². The van der Waals surface area contributed by atoms with Crippen LogP contribution in [0.3, 0.4) is 0 Å². The van der Waals surface area contributed by atoms with Gasteiger partial charge in [0.05, 0.1) is 12.7 Å². The Morgan fingerprint density at radius 1 is 1.00 bits per heavy atom. The highest BCUT2D eigenvalue weighted by molar-refractivity contribution is 4.91. The van der Waals surface area contributed by atoms with Crippen LogP contribution in [0.2, 0.25) is 0 Å². The van der Waals surface area contributed by atoms with Gasteiger partial charge in [0.2, 0.25) is 0 Å². The number of aliphatic hydroxyl groups is 4. The van der Waals surface area contributed by atoms with E-state index < -0.39 is 30.5 Å². The molecular weight excluding hydrogens is 176 g/mol. The first-order valence-corrected chi connectivity index (χ1v) is 4.42. The molecular formula is C8H16O5. The molecule has 0 saturated carbocycles. The summed E-state index contributed by atoms with van der Waals surface area (Å²) in [5.41, 5.74) is 0. The molecule has 0 bridgehead atoms. The van der Waals surface area contributed by atoms with Crippen molar-refractivity contribution >= 4 is 0 Å². The van der Waals surface area contributed by atoms with Crippen LogP contribution in [0.25, 0.3) is 0 Å². The number of ether oxygens (including phenoxy) is 1. The summed E-state index contributed by atoms with van der Waals surface area (Å²) in [6.45, 7) is 1.44. The van der Waals surface area contributed by atoms with Gasteiger partial charge in [0, 0.05) is 0 Å². The van der Waals surface area contributed by atoms with Crippen molar-refractivity contribution in [2.75, 3.05) is 6.61 Å². The predicted octanol–water partition coefficient (Wildman–Crippen LogP) is -1.76. The average molecular weight is 192 g/mol.